The quantitative estimate of drug-likeness (QED) is 0.843. The lowest BCUT2D eigenvalue weighted by Crippen LogP contribution is -2.42. The van der Waals surface area contributed by atoms with Crippen LogP contribution in [0.25, 0.3) is 0 Å². The van der Waals surface area contributed by atoms with Gasteiger partial charge in [0.15, 0.2) is 0 Å². The molecule has 0 saturated carbocycles. The van der Waals surface area contributed by atoms with E-state index in [-0.39, 0.29) is 6.04 Å². The van der Waals surface area contributed by atoms with E-state index >= 15 is 0 Å². The number of H-pyrrole nitrogens is 1. The number of rotatable bonds is 3. The molecule has 1 atom stereocenters. The van der Waals surface area contributed by atoms with E-state index in [9.17, 15) is 0 Å². The number of morpholine rings is 1. The van der Waals surface area contributed by atoms with E-state index in [0.717, 1.165) is 36.6 Å². The Balaban J connectivity index is 2.12. The molecule has 5 nitrogen and oxygen atoms in total. The summed E-state index contributed by atoms with van der Waals surface area (Å²) in [6.07, 6.45) is 1.68. The van der Waals surface area contributed by atoms with Gasteiger partial charge < -0.3 is 15.5 Å². The van der Waals surface area contributed by atoms with Gasteiger partial charge in [0.1, 0.15) is 4.60 Å². The summed E-state index contributed by atoms with van der Waals surface area (Å²) < 4.78 is 6.17. The lowest BCUT2D eigenvalue weighted by Gasteiger charge is -2.33. The molecule has 84 valence electrons. The van der Waals surface area contributed by atoms with E-state index < -0.39 is 0 Å². The molecule has 0 spiro atoms. The lowest BCUT2D eigenvalue weighted by atomic mass is 10.2. The number of ether oxygens (including phenoxy) is 1. The van der Waals surface area contributed by atoms with Crippen molar-refractivity contribution in [2.75, 3.05) is 32.8 Å². The van der Waals surface area contributed by atoms with E-state index in [1.54, 1.807) is 6.33 Å². The molecular formula is C9H15BrN4O. The van der Waals surface area contributed by atoms with Gasteiger partial charge in [-0.05, 0) is 15.9 Å². The van der Waals surface area contributed by atoms with Crippen molar-refractivity contribution in [2.24, 2.45) is 5.73 Å². The average Bonchev–Trinajstić information content (AvgIpc) is 2.68. The van der Waals surface area contributed by atoms with E-state index in [1.807, 2.05) is 0 Å². The van der Waals surface area contributed by atoms with Crippen LogP contribution in [0.5, 0.6) is 0 Å². The zero-order chi connectivity index (χ0) is 10.7. The van der Waals surface area contributed by atoms with Gasteiger partial charge in [-0.1, -0.05) is 0 Å². The highest BCUT2D eigenvalue weighted by Gasteiger charge is 2.24. The SMILES string of the molecule is NCC(c1[nH]cnc1Br)N1CCOCC1. The minimum Gasteiger partial charge on any atom is -0.379 e. The number of aromatic nitrogens is 2. The normalized spacial score (nSPS) is 20.4. The Labute approximate surface area is 97.1 Å². The summed E-state index contributed by atoms with van der Waals surface area (Å²) in [5, 5.41) is 0. The fourth-order valence-electron chi connectivity index (χ4n) is 1.86. The third kappa shape index (κ3) is 2.39. The molecule has 1 aliphatic heterocycles. The predicted molar refractivity (Wildman–Crippen MR) is 60.5 cm³/mol. The number of halogens is 1. The monoisotopic (exact) mass is 274 g/mol. The van der Waals surface area contributed by atoms with Crippen molar-refractivity contribution in [3.63, 3.8) is 0 Å². The standard InChI is InChI=1S/C9H15BrN4O/c10-9-8(12-6-13-9)7(5-11)14-1-3-15-4-2-14/h6-7H,1-5,11H2,(H,12,13). The number of nitrogens with zero attached hydrogens (tertiary/aromatic N) is 2. The Kier molecular flexibility index (Phi) is 3.74. The highest BCUT2D eigenvalue weighted by molar-refractivity contribution is 9.10. The number of hydrogen-bond acceptors (Lipinski definition) is 4. The highest BCUT2D eigenvalue weighted by atomic mass is 79.9. The molecule has 1 fully saturated rings. The molecule has 0 radical (unpaired) electrons. The van der Waals surface area contributed by atoms with Crippen LogP contribution in [0.2, 0.25) is 0 Å². The van der Waals surface area contributed by atoms with E-state index in [0.29, 0.717) is 6.54 Å². The Morgan fingerprint density at radius 2 is 2.33 bits per heavy atom. The number of nitrogens with one attached hydrogen (secondary N) is 1. The Hall–Kier alpha value is -0.430. The first-order valence-electron chi connectivity index (χ1n) is 5.03. The van der Waals surface area contributed by atoms with Crippen LogP contribution in [-0.2, 0) is 4.74 Å². The van der Waals surface area contributed by atoms with Crippen molar-refractivity contribution in [3.8, 4) is 0 Å². The molecule has 1 aromatic rings. The molecule has 2 heterocycles. The summed E-state index contributed by atoms with van der Waals surface area (Å²) >= 11 is 3.42. The molecule has 6 heteroatoms. The number of aromatic amines is 1. The van der Waals surface area contributed by atoms with Crippen LogP contribution in [0.4, 0.5) is 0 Å². The summed E-state index contributed by atoms with van der Waals surface area (Å²) in [7, 11) is 0. The van der Waals surface area contributed by atoms with Crippen molar-refractivity contribution in [1.29, 1.82) is 0 Å². The van der Waals surface area contributed by atoms with Crippen LogP contribution in [0, 0.1) is 0 Å². The molecule has 2 rings (SSSR count). The van der Waals surface area contributed by atoms with Crippen LogP contribution >= 0.6 is 15.9 Å². The van der Waals surface area contributed by atoms with Crippen molar-refractivity contribution < 1.29 is 4.74 Å². The summed E-state index contributed by atoms with van der Waals surface area (Å²) in [5.74, 6) is 0. The molecule has 3 N–H and O–H groups in total. The van der Waals surface area contributed by atoms with Gasteiger partial charge in [0.05, 0.1) is 31.3 Å². The van der Waals surface area contributed by atoms with Gasteiger partial charge >= 0.3 is 0 Å². The smallest absolute Gasteiger partial charge is 0.128 e. The third-order valence-corrected chi connectivity index (χ3v) is 3.30. The van der Waals surface area contributed by atoms with Gasteiger partial charge in [-0.25, -0.2) is 4.98 Å². The minimum atomic E-state index is 0.200. The first-order chi connectivity index (χ1) is 7.33. The molecule has 1 aromatic heterocycles. The lowest BCUT2D eigenvalue weighted by molar-refractivity contribution is 0.0170. The maximum atomic E-state index is 5.81. The second kappa shape index (κ2) is 5.07. The number of nitrogens with two attached hydrogens (primary N) is 1. The Morgan fingerprint density at radius 1 is 1.60 bits per heavy atom. The first kappa shape index (κ1) is 11.1. The first-order valence-corrected chi connectivity index (χ1v) is 5.83. The van der Waals surface area contributed by atoms with Crippen LogP contribution in [0.15, 0.2) is 10.9 Å². The van der Waals surface area contributed by atoms with E-state index in [2.05, 4.69) is 30.8 Å². The summed E-state index contributed by atoms with van der Waals surface area (Å²) in [6.45, 7) is 3.99. The van der Waals surface area contributed by atoms with Gasteiger partial charge in [0, 0.05) is 19.6 Å². The van der Waals surface area contributed by atoms with Crippen molar-refractivity contribution in [1.82, 2.24) is 14.9 Å². The minimum absolute atomic E-state index is 0.200. The largest absolute Gasteiger partial charge is 0.379 e. The molecule has 0 amide bonds. The zero-order valence-corrected chi connectivity index (χ0v) is 10.0. The number of imidazole rings is 1. The molecular weight excluding hydrogens is 260 g/mol. The second-order valence-electron chi connectivity index (χ2n) is 3.51. The Morgan fingerprint density at radius 3 is 2.87 bits per heavy atom. The van der Waals surface area contributed by atoms with Crippen LogP contribution in [-0.4, -0.2) is 47.7 Å². The van der Waals surface area contributed by atoms with Crippen molar-refractivity contribution in [3.05, 3.63) is 16.6 Å². The van der Waals surface area contributed by atoms with Crippen LogP contribution in [0.3, 0.4) is 0 Å². The second-order valence-corrected chi connectivity index (χ2v) is 4.26. The molecule has 15 heavy (non-hydrogen) atoms. The predicted octanol–water partition coefficient (Wildman–Crippen LogP) is 0.504. The fourth-order valence-corrected chi connectivity index (χ4v) is 2.34. The molecule has 0 bridgehead atoms. The van der Waals surface area contributed by atoms with Crippen molar-refractivity contribution >= 4 is 15.9 Å². The van der Waals surface area contributed by atoms with Gasteiger partial charge in [-0.2, -0.15) is 0 Å². The van der Waals surface area contributed by atoms with Gasteiger partial charge in [0.25, 0.3) is 0 Å². The third-order valence-electron chi connectivity index (χ3n) is 2.66. The topological polar surface area (TPSA) is 67.2 Å². The van der Waals surface area contributed by atoms with Crippen LogP contribution in [0.1, 0.15) is 11.7 Å². The summed E-state index contributed by atoms with van der Waals surface area (Å²) in [4.78, 5) is 9.58. The average molecular weight is 275 g/mol. The molecule has 1 saturated heterocycles. The van der Waals surface area contributed by atoms with E-state index in [1.165, 1.54) is 0 Å². The van der Waals surface area contributed by atoms with Gasteiger partial charge in [-0.3, -0.25) is 4.90 Å². The van der Waals surface area contributed by atoms with Crippen LogP contribution < -0.4 is 5.73 Å². The van der Waals surface area contributed by atoms with Gasteiger partial charge in [0.2, 0.25) is 0 Å². The molecule has 0 aromatic carbocycles. The van der Waals surface area contributed by atoms with Crippen molar-refractivity contribution in [2.45, 2.75) is 6.04 Å². The molecule has 1 unspecified atom stereocenters. The van der Waals surface area contributed by atoms with E-state index in [4.69, 9.17) is 10.5 Å². The highest BCUT2D eigenvalue weighted by Crippen LogP contribution is 2.24. The molecule has 1 aliphatic rings. The summed E-state index contributed by atoms with van der Waals surface area (Å²) in [5.41, 5.74) is 6.87. The summed E-state index contributed by atoms with van der Waals surface area (Å²) in [6, 6.07) is 0.200. The zero-order valence-electron chi connectivity index (χ0n) is 8.45. The maximum absolute atomic E-state index is 5.81. The fraction of sp³-hybridized carbons (Fsp3) is 0.667. The maximum Gasteiger partial charge on any atom is 0.128 e. The van der Waals surface area contributed by atoms with Gasteiger partial charge in [-0.15, -0.1) is 0 Å². The molecule has 0 aliphatic carbocycles. The number of hydrogen-bond donors (Lipinski definition) is 2. The Bertz CT molecular complexity index is 311.